The molecule has 0 bridgehead atoms. The van der Waals surface area contributed by atoms with Gasteiger partial charge in [0.1, 0.15) is 0 Å². The van der Waals surface area contributed by atoms with Gasteiger partial charge in [0.05, 0.1) is 0 Å². The Hall–Kier alpha value is -0.790. The number of nitrogens with one attached hydrogen (secondary N) is 1. The van der Waals surface area contributed by atoms with Gasteiger partial charge in [-0.2, -0.15) is 0 Å². The first-order chi connectivity index (χ1) is 8.02. The second kappa shape index (κ2) is 4.83. The van der Waals surface area contributed by atoms with Gasteiger partial charge in [0, 0.05) is 13.0 Å². The van der Waals surface area contributed by atoms with Crippen molar-refractivity contribution in [2.24, 2.45) is 17.3 Å². The van der Waals surface area contributed by atoms with E-state index in [9.17, 15) is 4.79 Å². The molecule has 2 nitrogen and oxygen atoms in total. The molecule has 0 aromatic heterocycles. The van der Waals surface area contributed by atoms with Crippen LogP contribution in [0.15, 0.2) is 11.6 Å². The van der Waals surface area contributed by atoms with E-state index in [0.717, 1.165) is 18.8 Å². The third-order valence-electron chi connectivity index (χ3n) is 4.47. The summed E-state index contributed by atoms with van der Waals surface area (Å²) in [6.45, 7) is 4.71. The summed E-state index contributed by atoms with van der Waals surface area (Å²) in [5.74, 6) is 1.27. The molecule has 0 atom stereocenters. The minimum atomic E-state index is 0.240. The van der Waals surface area contributed by atoms with Crippen molar-refractivity contribution >= 4 is 5.91 Å². The molecule has 2 heteroatoms. The molecule has 96 valence electrons. The molecule has 2 aliphatic carbocycles. The first-order valence-corrected chi connectivity index (χ1v) is 6.92. The molecule has 2 aliphatic rings. The van der Waals surface area contributed by atoms with E-state index < -0.39 is 0 Å². The molecule has 17 heavy (non-hydrogen) atoms. The fraction of sp³-hybridized carbons (Fsp3) is 0.800. The van der Waals surface area contributed by atoms with Gasteiger partial charge in [-0.05, 0) is 49.9 Å². The molecular weight excluding hydrogens is 210 g/mol. The summed E-state index contributed by atoms with van der Waals surface area (Å²) < 4.78 is 0. The lowest BCUT2D eigenvalue weighted by Crippen LogP contribution is -2.30. The van der Waals surface area contributed by atoms with Crippen LogP contribution in [0, 0.1) is 17.3 Å². The third kappa shape index (κ3) is 2.91. The van der Waals surface area contributed by atoms with Gasteiger partial charge in [0.15, 0.2) is 0 Å². The summed E-state index contributed by atoms with van der Waals surface area (Å²) in [7, 11) is 1.75. The van der Waals surface area contributed by atoms with Crippen molar-refractivity contribution in [1.82, 2.24) is 5.32 Å². The topological polar surface area (TPSA) is 29.1 Å². The van der Waals surface area contributed by atoms with Crippen molar-refractivity contribution in [2.45, 2.75) is 52.4 Å². The molecule has 0 heterocycles. The van der Waals surface area contributed by atoms with Gasteiger partial charge in [-0.1, -0.05) is 25.5 Å². The molecule has 0 aliphatic heterocycles. The lowest BCUT2D eigenvalue weighted by Gasteiger charge is -2.29. The highest BCUT2D eigenvalue weighted by molar-refractivity contribution is 5.78. The lowest BCUT2D eigenvalue weighted by molar-refractivity contribution is -0.125. The number of hydrogen-bond acceptors (Lipinski definition) is 1. The first kappa shape index (κ1) is 12.7. The number of rotatable bonds is 2. The largest absolute Gasteiger partial charge is 0.359 e. The van der Waals surface area contributed by atoms with E-state index in [-0.39, 0.29) is 11.8 Å². The van der Waals surface area contributed by atoms with Crippen molar-refractivity contribution in [1.29, 1.82) is 0 Å². The Morgan fingerprint density at radius 1 is 1.29 bits per heavy atom. The van der Waals surface area contributed by atoms with Crippen molar-refractivity contribution in [3.05, 3.63) is 11.6 Å². The number of carbonyl (C=O) groups excluding carboxylic acids is 1. The van der Waals surface area contributed by atoms with Crippen LogP contribution in [-0.4, -0.2) is 13.0 Å². The van der Waals surface area contributed by atoms with Crippen LogP contribution in [-0.2, 0) is 4.79 Å². The van der Waals surface area contributed by atoms with Crippen LogP contribution in [0.1, 0.15) is 52.4 Å². The fourth-order valence-corrected chi connectivity index (χ4v) is 3.35. The Labute approximate surface area is 105 Å². The van der Waals surface area contributed by atoms with E-state index >= 15 is 0 Å². The van der Waals surface area contributed by atoms with E-state index in [0.29, 0.717) is 5.41 Å². The molecule has 0 saturated heterocycles. The molecule has 0 aromatic carbocycles. The highest BCUT2D eigenvalue weighted by atomic mass is 16.1. The van der Waals surface area contributed by atoms with E-state index in [1.165, 1.54) is 25.7 Å². The van der Waals surface area contributed by atoms with Crippen LogP contribution in [0.4, 0.5) is 0 Å². The van der Waals surface area contributed by atoms with Crippen LogP contribution < -0.4 is 5.32 Å². The number of carbonyl (C=O) groups is 1. The van der Waals surface area contributed by atoms with Gasteiger partial charge in [-0.3, -0.25) is 4.79 Å². The molecule has 0 aromatic rings. The number of hydrogen-bond donors (Lipinski definition) is 1. The van der Waals surface area contributed by atoms with Gasteiger partial charge in [-0.25, -0.2) is 0 Å². The van der Waals surface area contributed by atoms with Crippen LogP contribution in [0.3, 0.4) is 0 Å². The molecule has 1 amide bonds. The quantitative estimate of drug-likeness (QED) is 0.731. The van der Waals surface area contributed by atoms with Crippen molar-refractivity contribution in [3.63, 3.8) is 0 Å². The Kier molecular flexibility index (Phi) is 3.60. The van der Waals surface area contributed by atoms with Gasteiger partial charge < -0.3 is 5.32 Å². The Bertz CT molecular complexity index is 322. The van der Waals surface area contributed by atoms with Crippen LogP contribution >= 0.6 is 0 Å². The summed E-state index contributed by atoms with van der Waals surface area (Å²) >= 11 is 0. The second-order valence-corrected chi connectivity index (χ2v) is 6.49. The average molecular weight is 235 g/mol. The van der Waals surface area contributed by atoms with Crippen molar-refractivity contribution < 1.29 is 4.79 Å². The molecule has 1 saturated carbocycles. The molecule has 0 spiro atoms. The molecular formula is C15H25NO. The summed E-state index contributed by atoms with van der Waals surface area (Å²) in [4.78, 5) is 11.6. The zero-order valence-electron chi connectivity index (χ0n) is 11.4. The van der Waals surface area contributed by atoms with Crippen LogP contribution in [0.2, 0.25) is 0 Å². The standard InChI is InChI=1S/C15H25NO/c1-15(2)9-8-13(10-15)11-4-6-12(7-5-11)14(17)16-3/h8,11-12H,4-7,9-10H2,1-3H3,(H,16,17). The smallest absolute Gasteiger partial charge is 0.222 e. The Morgan fingerprint density at radius 3 is 2.41 bits per heavy atom. The van der Waals surface area contributed by atoms with Gasteiger partial charge in [0.2, 0.25) is 5.91 Å². The van der Waals surface area contributed by atoms with Gasteiger partial charge in [-0.15, -0.1) is 0 Å². The Morgan fingerprint density at radius 2 is 1.94 bits per heavy atom. The molecule has 1 fully saturated rings. The summed E-state index contributed by atoms with van der Waals surface area (Å²) in [5.41, 5.74) is 2.15. The van der Waals surface area contributed by atoms with E-state index in [4.69, 9.17) is 0 Å². The summed E-state index contributed by atoms with van der Waals surface area (Å²) in [5, 5.41) is 2.78. The van der Waals surface area contributed by atoms with Crippen molar-refractivity contribution in [3.8, 4) is 0 Å². The van der Waals surface area contributed by atoms with E-state index in [1.807, 2.05) is 0 Å². The highest BCUT2D eigenvalue weighted by Gasteiger charge is 2.32. The fourth-order valence-electron chi connectivity index (χ4n) is 3.35. The highest BCUT2D eigenvalue weighted by Crippen LogP contribution is 2.44. The molecule has 1 N–H and O–H groups in total. The van der Waals surface area contributed by atoms with Crippen LogP contribution in [0.25, 0.3) is 0 Å². The maximum Gasteiger partial charge on any atom is 0.222 e. The minimum absolute atomic E-state index is 0.240. The zero-order chi connectivity index (χ0) is 12.5. The van der Waals surface area contributed by atoms with Crippen LogP contribution in [0.5, 0.6) is 0 Å². The van der Waals surface area contributed by atoms with Gasteiger partial charge >= 0.3 is 0 Å². The Balaban J connectivity index is 1.86. The number of allylic oxidation sites excluding steroid dienone is 2. The lowest BCUT2D eigenvalue weighted by atomic mass is 9.76. The molecule has 0 radical (unpaired) electrons. The average Bonchev–Trinajstić information content (AvgIpc) is 2.69. The zero-order valence-corrected chi connectivity index (χ0v) is 11.4. The van der Waals surface area contributed by atoms with E-state index in [2.05, 4.69) is 25.2 Å². The maximum atomic E-state index is 11.6. The predicted octanol–water partition coefficient (Wildman–Crippen LogP) is 3.29. The molecule has 0 unspecified atom stereocenters. The summed E-state index contributed by atoms with van der Waals surface area (Å²) in [6, 6.07) is 0. The monoisotopic (exact) mass is 235 g/mol. The second-order valence-electron chi connectivity index (χ2n) is 6.49. The molecule has 2 rings (SSSR count). The maximum absolute atomic E-state index is 11.6. The minimum Gasteiger partial charge on any atom is -0.359 e. The van der Waals surface area contributed by atoms with Gasteiger partial charge in [0.25, 0.3) is 0 Å². The van der Waals surface area contributed by atoms with Crippen molar-refractivity contribution in [2.75, 3.05) is 7.05 Å². The third-order valence-corrected chi connectivity index (χ3v) is 4.47. The first-order valence-electron chi connectivity index (χ1n) is 6.92. The predicted molar refractivity (Wildman–Crippen MR) is 70.6 cm³/mol. The summed E-state index contributed by atoms with van der Waals surface area (Å²) in [6.07, 6.45) is 9.52. The normalized spacial score (nSPS) is 32.1. The SMILES string of the molecule is CNC(=O)C1CCC(C2=CCC(C)(C)C2)CC1. The number of amides is 1. The van der Waals surface area contributed by atoms with E-state index in [1.54, 1.807) is 12.6 Å².